The second kappa shape index (κ2) is 6.81. The first-order valence-corrected chi connectivity index (χ1v) is 7.44. The molecule has 0 bridgehead atoms. The van der Waals surface area contributed by atoms with E-state index >= 15 is 0 Å². The van der Waals surface area contributed by atoms with Crippen LogP contribution < -0.4 is 4.74 Å². The fraction of sp³-hybridized carbons (Fsp3) is 0.133. The second-order valence-electron chi connectivity index (χ2n) is 3.91. The highest BCUT2D eigenvalue weighted by molar-refractivity contribution is 9.10. The van der Waals surface area contributed by atoms with Gasteiger partial charge in [-0.3, -0.25) is 0 Å². The van der Waals surface area contributed by atoms with Gasteiger partial charge in [0.1, 0.15) is 5.75 Å². The van der Waals surface area contributed by atoms with Crippen LogP contribution in [-0.2, 0) is 4.74 Å². The number of rotatable bonds is 4. The maximum Gasteiger partial charge on any atom is 0.337 e. The molecule has 2 aromatic rings. The van der Waals surface area contributed by atoms with Gasteiger partial charge in [-0.05, 0) is 42.5 Å². The maximum atomic E-state index is 11.4. The van der Waals surface area contributed by atoms with E-state index in [0.717, 1.165) is 20.0 Å². The largest absolute Gasteiger partial charge is 0.496 e. The fourth-order valence-electron chi connectivity index (χ4n) is 1.63. The Morgan fingerprint density at radius 3 is 2.40 bits per heavy atom. The van der Waals surface area contributed by atoms with Gasteiger partial charge in [0.2, 0.25) is 0 Å². The molecule has 20 heavy (non-hydrogen) atoms. The number of ether oxygens (including phenoxy) is 2. The minimum Gasteiger partial charge on any atom is -0.496 e. The molecule has 0 spiro atoms. The van der Waals surface area contributed by atoms with Gasteiger partial charge in [-0.25, -0.2) is 4.79 Å². The van der Waals surface area contributed by atoms with Crippen molar-refractivity contribution in [1.29, 1.82) is 0 Å². The minimum absolute atomic E-state index is 0.331. The zero-order chi connectivity index (χ0) is 14.5. The van der Waals surface area contributed by atoms with Gasteiger partial charge in [-0.1, -0.05) is 27.7 Å². The lowest BCUT2D eigenvalue weighted by atomic mass is 10.2. The van der Waals surface area contributed by atoms with Gasteiger partial charge in [0.25, 0.3) is 0 Å². The quantitative estimate of drug-likeness (QED) is 0.764. The molecular weight excluding hydrogens is 340 g/mol. The Morgan fingerprint density at radius 2 is 1.80 bits per heavy atom. The summed E-state index contributed by atoms with van der Waals surface area (Å²) in [6, 6.07) is 13.1. The highest BCUT2D eigenvalue weighted by Crippen LogP contribution is 2.36. The van der Waals surface area contributed by atoms with Crippen molar-refractivity contribution >= 4 is 33.7 Å². The van der Waals surface area contributed by atoms with Gasteiger partial charge in [-0.15, -0.1) is 0 Å². The van der Waals surface area contributed by atoms with Gasteiger partial charge in [0.15, 0.2) is 0 Å². The molecule has 0 radical (unpaired) electrons. The molecule has 0 aliphatic heterocycles. The zero-order valence-corrected chi connectivity index (χ0v) is 13.5. The van der Waals surface area contributed by atoms with E-state index in [4.69, 9.17) is 4.74 Å². The number of halogens is 1. The number of hydrogen-bond donors (Lipinski definition) is 0. The SMILES string of the molecule is COC(=O)c1ccc(Sc2ccc(Br)cc2OC)cc1. The van der Waals surface area contributed by atoms with Gasteiger partial charge in [0.05, 0.1) is 24.7 Å². The van der Waals surface area contributed by atoms with E-state index in [0.29, 0.717) is 5.56 Å². The Morgan fingerprint density at radius 1 is 1.10 bits per heavy atom. The fourth-order valence-corrected chi connectivity index (χ4v) is 2.87. The average molecular weight is 353 g/mol. The van der Waals surface area contributed by atoms with E-state index in [1.165, 1.54) is 7.11 Å². The summed E-state index contributed by atoms with van der Waals surface area (Å²) in [5, 5.41) is 0. The van der Waals surface area contributed by atoms with Crippen LogP contribution in [0.2, 0.25) is 0 Å². The summed E-state index contributed by atoms with van der Waals surface area (Å²) < 4.78 is 11.0. The predicted molar refractivity (Wildman–Crippen MR) is 82.6 cm³/mol. The number of hydrogen-bond acceptors (Lipinski definition) is 4. The van der Waals surface area contributed by atoms with Gasteiger partial charge in [0, 0.05) is 9.37 Å². The molecule has 0 unspecified atom stereocenters. The Hall–Kier alpha value is -1.46. The molecule has 0 fully saturated rings. The topological polar surface area (TPSA) is 35.5 Å². The van der Waals surface area contributed by atoms with Gasteiger partial charge in [-0.2, -0.15) is 0 Å². The molecule has 0 aliphatic rings. The maximum absolute atomic E-state index is 11.4. The van der Waals surface area contributed by atoms with Crippen LogP contribution in [-0.4, -0.2) is 20.2 Å². The highest BCUT2D eigenvalue weighted by atomic mass is 79.9. The second-order valence-corrected chi connectivity index (χ2v) is 5.94. The molecule has 5 heteroatoms. The van der Waals surface area contributed by atoms with E-state index in [2.05, 4.69) is 20.7 Å². The molecule has 2 aromatic carbocycles. The molecule has 2 rings (SSSR count). The van der Waals surface area contributed by atoms with Crippen molar-refractivity contribution in [2.75, 3.05) is 14.2 Å². The van der Waals surface area contributed by atoms with Crippen LogP contribution >= 0.6 is 27.7 Å². The normalized spacial score (nSPS) is 10.2. The molecule has 0 amide bonds. The Balaban J connectivity index is 2.20. The highest BCUT2D eigenvalue weighted by Gasteiger charge is 2.08. The van der Waals surface area contributed by atoms with Crippen LogP contribution in [0.4, 0.5) is 0 Å². The van der Waals surface area contributed by atoms with Crippen molar-refractivity contribution in [3.05, 3.63) is 52.5 Å². The van der Waals surface area contributed by atoms with E-state index in [1.807, 2.05) is 30.3 Å². The summed E-state index contributed by atoms with van der Waals surface area (Å²) in [6.07, 6.45) is 0. The number of carbonyl (C=O) groups excluding carboxylic acids is 1. The van der Waals surface area contributed by atoms with Crippen molar-refractivity contribution in [3.63, 3.8) is 0 Å². The van der Waals surface area contributed by atoms with Crippen molar-refractivity contribution in [3.8, 4) is 5.75 Å². The van der Waals surface area contributed by atoms with Crippen LogP contribution in [0.1, 0.15) is 10.4 Å². The number of esters is 1. The predicted octanol–water partition coefficient (Wildman–Crippen LogP) is 4.40. The summed E-state index contributed by atoms with van der Waals surface area (Å²) in [5.41, 5.74) is 0.541. The smallest absolute Gasteiger partial charge is 0.337 e. The van der Waals surface area contributed by atoms with Crippen LogP contribution in [0.3, 0.4) is 0 Å². The third kappa shape index (κ3) is 3.55. The number of benzene rings is 2. The van der Waals surface area contributed by atoms with Crippen molar-refractivity contribution in [2.45, 2.75) is 9.79 Å². The average Bonchev–Trinajstić information content (AvgIpc) is 2.49. The Bertz CT molecular complexity index is 611. The molecule has 0 aliphatic carbocycles. The Labute approximate surface area is 130 Å². The molecule has 0 atom stereocenters. The molecule has 3 nitrogen and oxygen atoms in total. The summed E-state index contributed by atoms with van der Waals surface area (Å²) >= 11 is 4.99. The molecular formula is C15H13BrO3S. The summed E-state index contributed by atoms with van der Waals surface area (Å²) in [5.74, 6) is 0.476. The minimum atomic E-state index is -0.331. The molecule has 104 valence electrons. The molecule has 0 N–H and O–H groups in total. The molecule has 0 saturated heterocycles. The van der Waals surface area contributed by atoms with Crippen molar-refractivity contribution in [2.24, 2.45) is 0 Å². The number of methoxy groups -OCH3 is 2. The summed E-state index contributed by atoms with van der Waals surface area (Å²) in [7, 11) is 3.02. The van der Waals surface area contributed by atoms with Crippen LogP contribution in [0.25, 0.3) is 0 Å². The lowest BCUT2D eigenvalue weighted by Crippen LogP contribution is -2.00. The van der Waals surface area contributed by atoms with E-state index in [-0.39, 0.29) is 5.97 Å². The summed E-state index contributed by atoms with van der Waals surface area (Å²) in [4.78, 5) is 13.4. The van der Waals surface area contributed by atoms with Crippen molar-refractivity contribution in [1.82, 2.24) is 0 Å². The van der Waals surface area contributed by atoms with Gasteiger partial charge < -0.3 is 9.47 Å². The Kier molecular flexibility index (Phi) is 5.09. The first-order chi connectivity index (χ1) is 9.63. The zero-order valence-electron chi connectivity index (χ0n) is 11.1. The van der Waals surface area contributed by atoms with Crippen LogP contribution in [0, 0.1) is 0 Å². The van der Waals surface area contributed by atoms with E-state index < -0.39 is 0 Å². The van der Waals surface area contributed by atoms with Gasteiger partial charge >= 0.3 is 5.97 Å². The van der Waals surface area contributed by atoms with Crippen molar-refractivity contribution < 1.29 is 14.3 Å². The van der Waals surface area contributed by atoms with E-state index in [9.17, 15) is 4.79 Å². The van der Waals surface area contributed by atoms with Crippen LogP contribution in [0.5, 0.6) is 5.75 Å². The lowest BCUT2D eigenvalue weighted by Gasteiger charge is -2.08. The number of carbonyl (C=O) groups is 1. The first-order valence-electron chi connectivity index (χ1n) is 5.84. The third-order valence-electron chi connectivity index (χ3n) is 2.63. The van der Waals surface area contributed by atoms with E-state index in [1.54, 1.807) is 31.0 Å². The summed E-state index contributed by atoms with van der Waals surface area (Å²) in [6.45, 7) is 0. The lowest BCUT2D eigenvalue weighted by molar-refractivity contribution is 0.0600. The molecule has 0 saturated carbocycles. The van der Waals surface area contributed by atoms with Crippen LogP contribution in [0.15, 0.2) is 56.7 Å². The standard InChI is InChI=1S/C15H13BrO3S/c1-18-13-9-11(16)5-8-14(13)20-12-6-3-10(4-7-12)15(17)19-2/h3-9H,1-2H3. The molecule has 0 aromatic heterocycles. The third-order valence-corrected chi connectivity index (χ3v) is 4.19. The molecule has 0 heterocycles. The monoisotopic (exact) mass is 352 g/mol. The first kappa shape index (κ1) is 14.9.